The van der Waals surface area contributed by atoms with E-state index in [2.05, 4.69) is 12.2 Å². The van der Waals surface area contributed by atoms with Crippen LogP contribution in [-0.4, -0.2) is 19.1 Å². The lowest BCUT2D eigenvalue weighted by molar-refractivity contribution is 0.0601. The van der Waals surface area contributed by atoms with E-state index >= 15 is 0 Å². The topological polar surface area (TPSA) is 38.3 Å². The quantitative estimate of drug-likeness (QED) is 0.828. The van der Waals surface area contributed by atoms with Gasteiger partial charge in [0.05, 0.1) is 12.7 Å². The summed E-state index contributed by atoms with van der Waals surface area (Å²) in [5, 5.41) is 3.55. The zero-order valence-corrected chi connectivity index (χ0v) is 11.1. The van der Waals surface area contributed by atoms with E-state index in [-0.39, 0.29) is 5.97 Å². The van der Waals surface area contributed by atoms with Crippen LogP contribution in [0.2, 0.25) is 0 Å². The molecule has 1 aliphatic carbocycles. The zero-order valence-electron chi connectivity index (χ0n) is 11.1. The van der Waals surface area contributed by atoms with Gasteiger partial charge in [-0.25, -0.2) is 4.79 Å². The van der Waals surface area contributed by atoms with Gasteiger partial charge in [0.15, 0.2) is 0 Å². The molecule has 0 aliphatic heterocycles. The van der Waals surface area contributed by atoms with Crippen LogP contribution in [0.25, 0.3) is 0 Å². The maximum atomic E-state index is 11.5. The summed E-state index contributed by atoms with van der Waals surface area (Å²) in [7, 11) is 1.41. The molecule has 1 N–H and O–H groups in total. The molecule has 98 valence electrons. The van der Waals surface area contributed by atoms with E-state index in [4.69, 9.17) is 4.74 Å². The first-order valence-corrected chi connectivity index (χ1v) is 6.69. The molecule has 1 aromatic carbocycles. The number of methoxy groups -OCH3 is 1. The van der Waals surface area contributed by atoms with Gasteiger partial charge in [-0.3, -0.25) is 0 Å². The average molecular weight is 247 g/mol. The molecule has 0 heterocycles. The Hall–Kier alpha value is -1.51. The minimum Gasteiger partial charge on any atom is -0.465 e. The molecule has 1 aromatic rings. The molecular formula is C15H21NO2. The largest absolute Gasteiger partial charge is 0.465 e. The molecule has 2 atom stereocenters. The molecule has 3 heteroatoms. The van der Waals surface area contributed by atoms with Crippen LogP contribution in [0.5, 0.6) is 0 Å². The maximum Gasteiger partial charge on any atom is 0.337 e. The zero-order chi connectivity index (χ0) is 13.0. The fourth-order valence-corrected chi connectivity index (χ4v) is 2.78. The summed E-state index contributed by atoms with van der Waals surface area (Å²) < 4.78 is 4.74. The SMILES string of the molecule is CCC1CCCC1Nc1cccc(C(=O)OC)c1. The molecule has 18 heavy (non-hydrogen) atoms. The lowest BCUT2D eigenvalue weighted by Crippen LogP contribution is -2.23. The van der Waals surface area contributed by atoms with Crippen molar-refractivity contribution in [2.45, 2.75) is 38.6 Å². The molecule has 1 fully saturated rings. The van der Waals surface area contributed by atoms with Crippen molar-refractivity contribution in [3.8, 4) is 0 Å². The molecule has 2 rings (SSSR count). The second-order valence-corrected chi connectivity index (χ2v) is 4.92. The van der Waals surface area contributed by atoms with Gasteiger partial charge in [-0.2, -0.15) is 0 Å². The van der Waals surface area contributed by atoms with E-state index < -0.39 is 0 Å². The first-order valence-electron chi connectivity index (χ1n) is 6.69. The monoisotopic (exact) mass is 247 g/mol. The van der Waals surface area contributed by atoms with E-state index in [1.54, 1.807) is 6.07 Å². The van der Waals surface area contributed by atoms with E-state index in [1.165, 1.54) is 32.8 Å². The van der Waals surface area contributed by atoms with E-state index in [0.29, 0.717) is 11.6 Å². The Balaban J connectivity index is 2.07. The van der Waals surface area contributed by atoms with Crippen LogP contribution in [-0.2, 0) is 4.74 Å². The third-order valence-corrected chi connectivity index (χ3v) is 3.82. The lowest BCUT2D eigenvalue weighted by Gasteiger charge is -2.21. The van der Waals surface area contributed by atoms with Crippen molar-refractivity contribution < 1.29 is 9.53 Å². The van der Waals surface area contributed by atoms with E-state index in [0.717, 1.165) is 11.6 Å². The van der Waals surface area contributed by atoms with Crippen molar-refractivity contribution in [1.82, 2.24) is 0 Å². The predicted octanol–water partition coefficient (Wildman–Crippen LogP) is 3.46. The fourth-order valence-electron chi connectivity index (χ4n) is 2.78. The third-order valence-electron chi connectivity index (χ3n) is 3.82. The summed E-state index contributed by atoms with van der Waals surface area (Å²) in [4.78, 5) is 11.5. The Morgan fingerprint density at radius 1 is 1.44 bits per heavy atom. The highest BCUT2D eigenvalue weighted by molar-refractivity contribution is 5.90. The van der Waals surface area contributed by atoms with Crippen molar-refractivity contribution in [2.24, 2.45) is 5.92 Å². The standard InChI is InChI=1S/C15H21NO2/c1-3-11-6-5-9-14(11)16-13-8-4-7-12(10-13)15(17)18-2/h4,7-8,10-11,14,16H,3,5-6,9H2,1-2H3. The highest BCUT2D eigenvalue weighted by atomic mass is 16.5. The molecule has 0 saturated heterocycles. The molecule has 3 nitrogen and oxygen atoms in total. The van der Waals surface area contributed by atoms with Crippen molar-refractivity contribution in [2.75, 3.05) is 12.4 Å². The highest BCUT2D eigenvalue weighted by Gasteiger charge is 2.25. The summed E-state index contributed by atoms with van der Waals surface area (Å²) in [6.45, 7) is 2.25. The summed E-state index contributed by atoms with van der Waals surface area (Å²) in [5.41, 5.74) is 1.62. The van der Waals surface area contributed by atoms with Crippen LogP contribution in [0, 0.1) is 5.92 Å². The molecule has 0 bridgehead atoms. The summed E-state index contributed by atoms with van der Waals surface area (Å²) in [5.74, 6) is 0.476. The first kappa shape index (κ1) is 12.9. The fraction of sp³-hybridized carbons (Fsp3) is 0.533. The van der Waals surface area contributed by atoms with Gasteiger partial charge >= 0.3 is 5.97 Å². The lowest BCUT2D eigenvalue weighted by atomic mass is 10.0. The van der Waals surface area contributed by atoms with Crippen LogP contribution < -0.4 is 5.32 Å². The summed E-state index contributed by atoms with van der Waals surface area (Å²) in [6.07, 6.45) is 5.05. The van der Waals surface area contributed by atoms with E-state index in [9.17, 15) is 4.79 Å². The molecule has 1 aliphatic rings. The van der Waals surface area contributed by atoms with Gasteiger partial charge in [-0.05, 0) is 37.0 Å². The van der Waals surface area contributed by atoms with Gasteiger partial charge in [-0.1, -0.05) is 25.8 Å². The molecular weight excluding hydrogens is 226 g/mol. The Morgan fingerprint density at radius 2 is 2.28 bits per heavy atom. The van der Waals surface area contributed by atoms with Crippen LogP contribution >= 0.6 is 0 Å². The minimum atomic E-state index is -0.280. The number of esters is 1. The van der Waals surface area contributed by atoms with Crippen LogP contribution in [0.1, 0.15) is 43.0 Å². The Bertz CT molecular complexity index is 417. The van der Waals surface area contributed by atoms with E-state index in [1.807, 2.05) is 18.2 Å². The second-order valence-electron chi connectivity index (χ2n) is 4.92. The normalized spacial score (nSPS) is 22.8. The predicted molar refractivity (Wildman–Crippen MR) is 72.8 cm³/mol. The number of rotatable bonds is 4. The Morgan fingerprint density at radius 3 is 3.00 bits per heavy atom. The average Bonchev–Trinajstić information content (AvgIpc) is 2.85. The number of ether oxygens (including phenoxy) is 1. The Labute approximate surface area is 109 Å². The number of nitrogens with one attached hydrogen (secondary N) is 1. The molecule has 0 spiro atoms. The van der Waals surface area contributed by atoms with Gasteiger partial charge < -0.3 is 10.1 Å². The van der Waals surface area contributed by atoms with Crippen LogP contribution in [0.3, 0.4) is 0 Å². The van der Waals surface area contributed by atoms with Crippen molar-refractivity contribution in [3.05, 3.63) is 29.8 Å². The van der Waals surface area contributed by atoms with Crippen LogP contribution in [0.4, 0.5) is 5.69 Å². The number of benzene rings is 1. The van der Waals surface area contributed by atoms with Gasteiger partial charge in [0.25, 0.3) is 0 Å². The number of hydrogen-bond acceptors (Lipinski definition) is 3. The maximum absolute atomic E-state index is 11.5. The van der Waals surface area contributed by atoms with Crippen molar-refractivity contribution in [1.29, 1.82) is 0 Å². The van der Waals surface area contributed by atoms with Crippen LogP contribution in [0.15, 0.2) is 24.3 Å². The smallest absolute Gasteiger partial charge is 0.337 e. The third kappa shape index (κ3) is 2.84. The number of anilines is 1. The number of carbonyl (C=O) groups is 1. The molecule has 1 saturated carbocycles. The minimum absolute atomic E-state index is 0.280. The molecule has 0 amide bonds. The van der Waals surface area contributed by atoms with Crippen molar-refractivity contribution in [3.63, 3.8) is 0 Å². The number of hydrogen-bond donors (Lipinski definition) is 1. The molecule has 2 unspecified atom stereocenters. The second kappa shape index (κ2) is 5.89. The summed E-state index contributed by atoms with van der Waals surface area (Å²) in [6, 6.07) is 8.10. The summed E-state index contributed by atoms with van der Waals surface area (Å²) >= 11 is 0. The first-order chi connectivity index (χ1) is 8.74. The highest BCUT2D eigenvalue weighted by Crippen LogP contribution is 2.30. The molecule has 0 aromatic heterocycles. The van der Waals surface area contributed by atoms with Gasteiger partial charge in [0.1, 0.15) is 0 Å². The number of carbonyl (C=O) groups excluding carboxylic acids is 1. The molecule has 0 radical (unpaired) electrons. The van der Waals surface area contributed by atoms with Gasteiger partial charge in [-0.15, -0.1) is 0 Å². The Kier molecular flexibility index (Phi) is 4.24. The van der Waals surface area contributed by atoms with Gasteiger partial charge in [0, 0.05) is 11.7 Å². The van der Waals surface area contributed by atoms with Gasteiger partial charge in [0.2, 0.25) is 0 Å². The van der Waals surface area contributed by atoms with Crippen molar-refractivity contribution >= 4 is 11.7 Å².